The number of benzene rings is 2. The van der Waals surface area contributed by atoms with Gasteiger partial charge in [-0.2, -0.15) is 13.2 Å². The monoisotopic (exact) mass is 619 g/mol. The number of alkyl halides is 3. The summed E-state index contributed by atoms with van der Waals surface area (Å²) < 4.78 is 52.7. The van der Waals surface area contributed by atoms with Crippen molar-refractivity contribution < 1.29 is 37.0 Å². The molecule has 3 atom stereocenters. The van der Waals surface area contributed by atoms with Gasteiger partial charge in [-0.05, 0) is 24.3 Å². The van der Waals surface area contributed by atoms with Gasteiger partial charge in [0.2, 0.25) is 17.7 Å². The predicted octanol–water partition coefficient (Wildman–Crippen LogP) is 3.59. The maximum atomic E-state index is 14.0. The fourth-order valence-electron chi connectivity index (χ4n) is 5.64. The second-order valence-electron chi connectivity index (χ2n) is 9.96. The summed E-state index contributed by atoms with van der Waals surface area (Å²) in [4.78, 5) is 56.8. The maximum absolute atomic E-state index is 14.0. The van der Waals surface area contributed by atoms with Crippen molar-refractivity contribution >= 4 is 46.5 Å². The summed E-state index contributed by atoms with van der Waals surface area (Å²) in [5, 5.41) is -0.663. The van der Waals surface area contributed by atoms with Gasteiger partial charge in [-0.15, -0.1) is 0 Å². The number of thiazole rings is 1. The van der Waals surface area contributed by atoms with Gasteiger partial charge in [0.15, 0.2) is 0 Å². The molecule has 9 nitrogen and oxygen atoms in total. The number of carbonyl (C=O) groups excluding carboxylic acids is 3. The fourth-order valence-corrected chi connectivity index (χ4v) is 8.40. The third-order valence-corrected chi connectivity index (χ3v) is 10.2. The van der Waals surface area contributed by atoms with E-state index in [9.17, 15) is 32.3 Å². The van der Waals surface area contributed by atoms with Gasteiger partial charge in [-0.25, -0.2) is 4.90 Å². The molecule has 1 aromatic heterocycles. The van der Waals surface area contributed by atoms with Crippen LogP contribution in [0.4, 0.5) is 18.9 Å². The first kappa shape index (κ1) is 28.5. The lowest BCUT2D eigenvalue weighted by Crippen LogP contribution is -2.43. The minimum absolute atomic E-state index is 0.183. The number of para-hydroxylation sites is 1. The number of nitrogens with zero attached hydrogens (tertiary/aromatic N) is 3. The topological polar surface area (TPSA) is 98.2 Å². The lowest BCUT2D eigenvalue weighted by molar-refractivity contribution is -0.138. The van der Waals surface area contributed by atoms with Crippen LogP contribution in [-0.2, 0) is 31.8 Å². The molecule has 220 valence electrons. The summed E-state index contributed by atoms with van der Waals surface area (Å²) in [6, 6.07) is 11.0. The standard InChI is InChI=1S/C28H24F3N3O6S2/c1-39-18-8-3-2-7-17(18)20-21-22(25(37)34(24(21)36)16-6-4-5-15(13-16)28(29,30)31)41-26-23(20)42-27(38)33(26)14-19(35)32-9-11-40-12-10-32/h2-8,13,20-22H,9-12,14H2,1H3. The van der Waals surface area contributed by atoms with Crippen molar-refractivity contribution in [3.8, 4) is 5.75 Å². The van der Waals surface area contributed by atoms with Gasteiger partial charge < -0.3 is 14.4 Å². The Balaban J connectivity index is 1.45. The molecule has 2 aromatic carbocycles. The number of anilines is 1. The molecule has 4 heterocycles. The highest BCUT2D eigenvalue weighted by atomic mass is 32.2. The quantitative estimate of drug-likeness (QED) is 0.403. The molecule has 6 rings (SSSR count). The number of amides is 3. The average molecular weight is 620 g/mol. The SMILES string of the molecule is COc1ccccc1C1c2sc(=O)n(CC(=O)N3CCOCC3)c2SC2C(=O)N(c3cccc(C(F)(F)F)c3)C(=O)C21. The molecule has 3 aromatic rings. The number of methoxy groups -OCH3 is 1. The van der Waals surface area contributed by atoms with E-state index >= 15 is 0 Å². The maximum Gasteiger partial charge on any atom is 0.416 e. The van der Waals surface area contributed by atoms with Crippen molar-refractivity contribution in [1.29, 1.82) is 0 Å². The van der Waals surface area contributed by atoms with Gasteiger partial charge in [0.25, 0.3) is 0 Å². The van der Waals surface area contributed by atoms with Gasteiger partial charge in [0.1, 0.15) is 17.5 Å². The van der Waals surface area contributed by atoms with Crippen LogP contribution in [0.15, 0.2) is 58.4 Å². The molecule has 0 radical (unpaired) electrons. The van der Waals surface area contributed by atoms with Crippen molar-refractivity contribution in [2.75, 3.05) is 38.3 Å². The van der Waals surface area contributed by atoms with Crippen LogP contribution < -0.4 is 14.5 Å². The second-order valence-corrected chi connectivity index (χ2v) is 12.1. The summed E-state index contributed by atoms with van der Waals surface area (Å²) >= 11 is 1.89. The van der Waals surface area contributed by atoms with Crippen LogP contribution in [0.25, 0.3) is 0 Å². The minimum Gasteiger partial charge on any atom is -0.496 e. The van der Waals surface area contributed by atoms with Gasteiger partial charge in [-0.3, -0.25) is 23.7 Å². The number of ether oxygens (including phenoxy) is 2. The summed E-state index contributed by atoms with van der Waals surface area (Å²) in [6.07, 6.45) is -4.67. The molecule has 0 bridgehead atoms. The van der Waals surface area contributed by atoms with Crippen LogP contribution in [0, 0.1) is 5.92 Å². The van der Waals surface area contributed by atoms with Crippen LogP contribution >= 0.6 is 23.1 Å². The zero-order valence-electron chi connectivity index (χ0n) is 22.1. The van der Waals surface area contributed by atoms with Crippen molar-refractivity contribution in [2.45, 2.75) is 28.9 Å². The van der Waals surface area contributed by atoms with E-state index in [1.807, 2.05) is 0 Å². The van der Waals surface area contributed by atoms with Crippen LogP contribution in [-0.4, -0.2) is 65.9 Å². The number of aromatic nitrogens is 1. The number of halogens is 3. The van der Waals surface area contributed by atoms with E-state index < -0.39 is 45.5 Å². The number of carbonyl (C=O) groups is 3. The molecule has 2 fully saturated rings. The molecule has 3 unspecified atom stereocenters. The Hall–Kier alpha value is -3.62. The highest BCUT2D eigenvalue weighted by Crippen LogP contribution is 2.55. The lowest BCUT2D eigenvalue weighted by Gasteiger charge is -2.32. The zero-order valence-corrected chi connectivity index (χ0v) is 23.8. The number of hydrogen-bond donors (Lipinski definition) is 0. The molecule has 0 aliphatic carbocycles. The molecule has 0 saturated carbocycles. The molecular formula is C28H24F3N3O6S2. The average Bonchev–Trinajstić information content (AvgIpc) is 3.43. The largest absolute Gasteiger partial charge is 0.496 e. The van der Waals surface area contributed by atoms with Crippen molar-refractivity contribution in [2.24, 2.45) is 5.92 Å². The van der Waals surface area contributed by atoms with Crippen LogP contribution in [0.2, 0.25) is 0 Å². The van der Waals surface area contributed by atoms with Crippen LogP contribution in [0.1, 0.15) is 21.9 Å². The minimum atomic E-state index is -4.67. The Morgan fingerprint density at radius 1 is 1.05 bits per heavy atom. The second kappa shape index (κ2) is 10.9. The number of rotatable bonds is 5. The molecule has 3 aliphatic rings. The van der Waals surface area contributed by atoms with Crippen molar-refractivity contribution in [3.63, 3.8) is 0 Å². The lowest BCUT2D eigenvalue weighted by atomic mass is 9.82. The number of morpholine rings is 1. The van der Waals surface area contributed by atoms with E-state index in [1.54, 1.807) is 29.2 Å². The highest BCUT2D eigenvalue weighted by Gasteiger charge is 2.57. The molecule has 3 amide bonds. The first-order valence-electron chi connectivity index (χ1n) is 13.0. The zero-order chi connectivity index (χ0) is 29.8. The van der Waals surface area contributed by atoms with Gasteiger partial charge in [-0.1, -0.05) is 47.4 Å². The third-order valence-electron chi connectivity index (χ3n) is 7.61. The Morgan fingerprint density at radius 2 is 1.79 bits per heavy atom. The summed E-state index contributed by atoms with van der Waals surface area (Å²) in [7, 11) is 1.46. The predicted molar refractivity (Wildman–Crippen MR) is 148 cm³/mol. The third kappa shape index (κ3) is 4.80. The van der Waals surface area contributed by atoms with Crippen LogP contribution in [0.5, 0.6) is 5.75 Å². The number of imide groups is 1. The number of fused-ring (bicyclic) bond motifs is 2. The first-order chi connectivity index (χ1) is 20.1. The Bertz CT molecular complexity index is 1630. The van der Waals surface area contributed by atoms with Crippen molar-refractivity contribution in [1.82, 2.24) is 9.47 Å². The first-order valence-corrected chi connectivity index (χ1v) is 14.7. The summed E-state index contributed by atoms with van der Waals surface area (Å²) in [6.45, 7) is 1.30. The normalized spacial score (nSPS) is 22.2. The van der Waals surface area contributed by atoms with Gasteiger partial charge >= 0.3 is 11.0 Å². The van der Waals surface area contributed by atoms with E-state index in [0.29, 0.717) is 47.5 Å². The Morgan fingerprint density at radius 3 is 2.50 bits per heavy atom. The Labute approximate surface area is 245 Å². The van der Waals surface area contributed by atoms with E-state index in [0.717, 1.165) is 46.2 Å². The molecule has 42 heavy (non-hydrogen) atoms. The van der Waals surface area contributed by atoms with Crippen LogP contribution in [0.3, 0.4) is 0 Å². The number of thioether (sulfide) groups is 1. The van der Waals surface area contributed by atoms with Gasteiger partial charge in [0.05, 0.1) is 42.5 Å². The van der Waals surface area contributed by atoms with E-state index in [-0.39, 0.29) is 18.1 Å². The van der Waals surface area contributed by atoms with Gasteiger partial charge in [0, 0.05) is 29.4 Å². The van der Waals surface area contributed by atoms with E-state index in [4.69, 9.17) is 9.47 Å². The summed E-state index contributed by atoms with van der Waals surface area (Å²) in [5.41, 5.74) is -0.618. The molecular weight excluding hydrogens is 595 g/mol. The highest BCUT2D eigenvalue weighted by molar-refractivity contribution is 8.00. The van der Waals surface area contributed by atoms with E-state index in [2.05, 4.69) is 0 Å². The Kier molecular flexibility index (Phi) is 7.39. The molecule has 14 heteroatoms. The molecule has 0 N–H and O–H groups in total. The molecule has 0 spiro atoms. The van der Waals surface area contributed by atoms with Crippen molar-refractivity contribution in [3.05, 3.63) is 74.2 Å². The molecule has 2 saturated heterocycles. The smallest absolute Gasteiger partial charge is 0.416 e. The number of hydrogen-bond acceptors (Lipinski definition) is 8. The van der Waals surface area contributed by atoms with E-state index in [1.165, 1.54) is 17.7 Å². The molecule has 3 aliphatic heterocycles. The fraction of sp³-hybridized carbons (Fsp3) is 0.357. The summed E-state index contributed by atoms with van der Waals surface area (Å²) in [5.74, 6) is -3.06.